The van der Waals surface area contributed by atoms with Gasteiger partial charge in [-0.15, -0.1) is 0 Å². The number of likely N-dealkylation sites (tertiary alicyclic amines) is 1. The zero-order valence-electron chi connectivity index (χ0n) is 20.9. The highest BCUT2D eigenvalue weighted by Gasteiger charge is 2.59. The van der Waals surface area contributed by atoms with Gasteiger partial charge in [0.15, 0.2) is 5.60 Å². The number of nitrogens with zero attached hydrogens (tertiary/aromatic N) is 2. The van der Waals surface area contributed by atoms with Gasteiger partial charge < -0.3 is 23.9 Å². The number of hydrogen-bond donors (Lipinski definition) is 0. The largest absolute Gasteiger partial charge is 0.486 e. The van der Waals surface area contributed by atoms with Crippen LogP contribution in [0.2, 0.25) is 0 Å². The number of rotatable bonds is 6. The van der Waals surface area contributed by atoms with E-state index in [1.165, 1.54) is 30.3 Å². The number of carbonyl (C=O) groups is 3. The third kappa shape index (κ3) is 5.88. The van der Waals surface area contributed by atoms with E-state index in [0.29, 0.717) is 24.7 Å². The fraction of sp³-hybridized carbons (Fsp3) is 0.370. The molecule has 2 unspecified atom stereocenters. The van der Waals surface area contributed by atoms with Crippen LogP contribution in [0.4, 0.5) is 22.4 Å². The summed E-state index contributed by atoms with van der Waals surface area (Å²) in [7, 11) is 0. The summed E-state index contributed by atoms with van der Waals surface area (Å²) in [6.07, 6.45) is -5.13. The topological polar surface area (TPSA) is 94.6 Å². The molecule has 5 rings (SSSR count). The minimum Gasteiger partial charge on any atom is -0.486 e. The number of alkyl halides is 3. The number of carbonyl (C=O) groups excluding carboxylic acids is 3. The lowest BCUT2D eigenvalue weighted by molar-refractivity contribution is -0.222. The van der Waals surface area contributed by atoms with Gasteiger partial charge in [0, 0.05) is 57.1 Å². The minimum absolute atomic E-state index is 0.174. The summed E-state index contributed by atoms with van der Waals surface area (Å²) in [5, 5.41) is 0.621. The van der Waals surface area contributed by atoms with E-state index in [9.17, 15) is 31.9 Å². The Kier molecular flexibility index (Phi) is 7.41. The third-order valence-electron chi connectivity index (χ3n) is 6.98. The lowest BCUT2D eigenvalue weighted by Crippen LogP contribution is -2.54. The van der Waals surface area contributed by atoms with Gasteiger partial charge in [-0.25, -0.2) is 18.8 Å². The average molecular weight is 564 g/mol. The number of benzene rings is 2. The van der Waals surface area contributed by atoms with Gasteiger partial charge in [0.1, 0.15) is 17.7 Å². The van der Waals surface area contributed by atoms with Gasteiger partial charge in [0.2, 0.25) is 0 Å². The molecule has 9 nitrogen and oxygen atoms in total. The van der Waals surface area contributed by atoms with Crippen LogP contribution in [-0.4, -0.2) is 59.5 Å². The Labute approximate surface area is 225 Å². The Hall–Kier alpha value is -4.13. The van der Waals surface area contributed by atoms with Crippen molar-refractivity contribution in [1.82, 2.24) is 9.96 Å². The van der Waals surface area contributed by atoms with Crippen molar-refractivity contribution >= 4 is 18.0 Å². The summed E-state index contributed by atoms with van der Waals surface area (Å²) in [6.45, 7) is 1.12. The second-order valence-electron chi connectivity index (χ2n) is 9.61. The van der Waals surface area contributed by atoms with Crippen molar-refractivity contribution in [3.8, 4) is 5.75 Å². The first-order valence-corrected chi connectivity index (χ1v) is 12.5. The van der Waals surface area contributed by atoms with Crippen molar-refractivity contribution in [3.05, 3.63) is 77.6 Å². The Bertz CT molecular complexity index is 1320. The molecule has 1 amide bonds. The maximum Gasteiger partial charge on any atom is 0.447 e. The van der Waals surface area contributed by atoms with Crippen LogP contribution in [0.15, 0.2) is 60.7 Å². The van der Waals surface area contributed by atoms with Gasteiger partial charge in [0.05, 0.1) is 5.56 Å². The zero-order valence-corrected chi connectivity index (χ0v) is 20.9. The standard InChI is InChI=1S/C27H24F4N2O7/c28-19-5-2-6-20(16-19)37-21(17-3-1-4-18(15-17)27(29,30)31)9-12-32-13-10-26(11-14-32)24-33(25(36)39-26)40-23(35)8-7-22(34)38-24/h1-8,15-16,21,24H,9-14H2/b8-7+. The highest BCUT2D eigenvalue weighted by Crippen LogP contribution is 2.40. The van der Waals surface area contributed by atoms with E-state index in [-0.39, 0.29) is 30.6 Å². The average Bonchev–Trinajstić information content (AvgIpc) is 3.14. The lowest BCUT2D eigenvalue weighted by Gasteiger charge is -2.40. The highest BCUT2D eigenvalue weighted by molar-refractivity contribution is 5.93. The van der Waals surface area contributed by atoms with Crippen molar-refractivity contribution in [2.45, 2.75) is 43.4 Å². The maximum atomic E-state index is 13.8. The number of ether oxygens (including phenoxy) is 3. The number of fused-ring (bicyclic) bond motifs is 2. The molecule has 0 aromatic heterocycles. The molecular formula is C27H24F4N2O7. The fourth-order valence-electron chi connectivity index (χ4n) is 4.95. The second kappa shape index (κ2) is 10.8. The SMILES string of the molecule is O=C1/C=C/C(=O)ON2C(=O)OC3(CCN(CCC(Oc4cccc(F)c4)c4cccc(C(F)(F)F)c4)CC3)C2O1. The normalized spacial score (nSPS) is 22.4. The predicted molar refractivity (Wildman–Crippen MR) is 128 cm³/mol. The van der Waals surface area contributed by atoms with Crippen molar-refractivity contribution in [2.24, 2.45) is 0 Å². The monoisotopic (exact) mass is 564 g/mol. The number of halogens is 4. The van der Waals surface area contributed by atoms with Crippen LogP contribution in [0.5, 0.6) is 5.75 Å². The Morgan fingerprint density at radius 2 is 1.73 bits per heavy atom. The molecule has 40 heavy (non-hydrogen) atoms. The lowest BCUT2D eigenvalue weighted by atomic mass is 9.89. The summed E-state index contributed by atoms with van der Waals surface area (Å²) in [5.41, 5.74) is -1.79. The number of hydrogen-bond acceptors (Lipinski definition) is 8. The molecule has 3 aliphatic rings. The molecule has 1 spiro atoms. The van der Waals surface area contributed by atoms with Crippen LogP contribution in [0.25, 0.3) is 0 Å². The van der Waals surface area contributed by atoms with Crippen LogP contribution in [0, 0.1) is 5.82 Å². The van der Waals surface area contributed by atoms with Crippen LogP contribution < -0.4 is 4.74 Å². The summed E-state index contributed by atoms with van der Waals surface area (Å²) in [4.78, 5) is 43.3. The molecule has 2 aromatic rings. The Morgan fingerprint density at radius 1 is 1.00 bits per heavy atom. The molecule has 0 bridgehead atoms. The van der Waals surface area contributed by atoms with E-state index < -0.39 is 53.5 Å². The quantitative estimate of drug-likeness (QED) is 0.373. The van der Waals surface area contributed by atoms with Gasteiger partial charge >= 0.3 is 24.2 Å². The number of amides is 1. The van der Waals surface area contributed by atoms with Gasteiger partial charge in [0.25, 0.3) is 6.23 Å². The number of hydroxylamine groups is 2. The summed E-state index contributed by atoms with van der Waals surface area (Å²) in [5.74, 6) is -2.12. The molecule has 0 radical (unpaired) electrons. The van der Waals surface area contributed by atoms with Gasteiger partial charge in [-0.3, -0.25) is 0 Å². The molecule has 3 aliphatic heterocycles. The fourth-order valence-corrected chi connectivity index (χ4v) is 4.95. The van der Waals surface area contributed by atoms with Crippen molar-refractivity contribution in [1.29, 1.82) is 0 Å². The van der Waals surface area contributed by atoms with E-state index in [1.54, 1.807) is 0 Å². The summed E-state index contributed by atoms with van der Waals surface area (Å²) in [6, 6.07) is 10.2. The first-order chi connectivity index (χ1) is 19.0. The highest BCUT2D eigenvalue weighted by atomic mass is 19.4. The van der Waals surface area contributed by atoms with E-state index in [0.717, 1.165) is 30.4 Å². The molecule has 0 aliphatic carbocycles. The van der Waals surface area contributed by atoms with Gasteiger partial charge in [-0.2, -0.15) is 13.2 Å². The summed E-state index contributed by atoms with van der Waals surface area (Å²) < 4.78 is 70.7. The molecule has 2 saturated heterocycles. The predicted octanol–water partition coefficient (Wildman–Crippen LogP) is 4.54. The zero-order chi connectivity index (χ0) is 28.5. The molecule has 2 aromatic carbocycles. The minimum atomic E-state index is -4.54. The molecule has 3 heterocycles. The molecule has 2 atom stereocenters. The van der Waals surface area contributed by atoms with Crippen molar-refractivity contribution < 1.29 is 51.0 Å². The molecule has 212 valence electrons. The maximum absolute atomic E-state index is 13.8. The first kappa shape index (κ1) is 27.4. The molecule has 2 fully saturated rings. The van der Waals surface area contributed by atoms with Crippen LogP contribution in [0.3, 0.4) is 0 Å². The van der Waals surface area contributed by atoms with E-state index in [2.05, 4.69) is 0 Å². The van der Waals surface area contributed by atoms with E-state index >= 15 is 0 Å². The number of piperidine rings is 1. The molecule has 0 saturated carbocycles. The van der Waals surface area contributed by atoms with Gasteiger partial charge in [-0.1, -0.05) is 23.3 Å². The molecule has 13 heteroatoms. The Balaban J connectivity index is 1.28. The number of esters is 1. The van der Waals surface area contributed by atoms with E-state index in [1.807, 2.05) is 4.90 Å². The third-order valence-corrected chi connectivity index (χ3v) is 6.98. The molecule has 0 N–H and O–H groups in total. The van der Waals surface area contributed by atoms with E-state index in [4.69, 9.17) is 19.0 Å². The van der Waals surface area contributed by atoms with Crippen LogP contribution >= 0.6 is 0 Å². The van der Waals surface area contributed by atoms with Gasteiger partial charge in [-0.05, 0) is 29.8 Å². The van der Waals surface area contributed by atoms with Crippen molar-refractivity contribution in [3.63, 3.8) is 0 Å². The van der Waals surface area contributed by atoms with Crippen LogP contribution in [-0.2, 0) is 30.1 Å². The smallest absolute Gasteiger partial charge is 0.447 e. The Morgan fingerprint density at radius 3 is 2.45 bits per heavy atom. The summed E-state index contributed by atoms with van der Waals surface area (Å²) >= 11 is 0. The first-order valence-electron chi connectivity index (χ1n) is 12.5. The van der Waals surface area contributed by atoms with Crippen LogP contribution in [0.1, 0.15) is 36.5 Å². The molecular weight excluding hydrogens is 540 g/mol. The second-order valence-corrected chi connectivity index (χ2v) is 9.61. The van der Waals surface area contributed by atoms with Crippen molar-refractivity contribution in [2.75, 3.05) is 19.6 Å².